The zero-order valence-electron chi connectivity index (χ0n) is 9.51. The van der Waals surface area contributed by atoms with Crippen LogP contribution in [0.25, 0.3) is 10.9 Å². The van der Waals surface area contributed by atoms with Crippen LogP contribution >= 0.6 is 0 Å². The van der Waals surface area contributed by atoms with Gasteiger partial charge in [0.15, 0.2) is 5.69 Å². The summed E-state index contributed by atoms with van der Waals surface area (Å²) in [6, 6.07) is 18.0. The zero-order chi connectivity index (χ0) is 11.9. The van der Waals surface area contributed by atoms with E-state index in [-0.39, 0.29) is 0 Å². The van der Waals surface area contributed by atoms with Crippen molar-refractivity contribution in [2.45, 2.75) is 6.42 Å². The normalized spacial score (nSPS) is 10.3. The summed E-state index contributed by atoms with van der Waals surface area (Å²) in [4.78, 5) is 3.49. The van der Waals surface area contributed by atoms with Crippen molar-refractivity contribution >= 4 is 11.8 Å². The summed E-state index contributed by atoms with van der Waals surface area (Å²) >= 11 is 0. The van der Waals surface area contributed by atoms with Crippen LogP contribution in [0.5, 0.6) is 0 Å². The molecule has 0 heterocycles. The molecule has 0 aromatic heterocycles. The second-order valence-corrected chi connectivity index (χ2v) is 3.76. The van der Waals surface area contributed by atoms with Crippen LogP contribution in [0.1, 0.15) is 11.1 Å². The number of nitrogens with zero attached hydrogens (tertiary/aromatic N) is 1. The van der Waals surface area contributed by atoms with Crippen LogP contribution in [-0.2, 0) is 6.42 Å². The fourth-order valence-electron chi connectivity index (χ4n) is 1.67. The number of para-hydroxylation sites is 1. The van der Waals surface area contributed by atoms with Crippen LogP contribution in [0.3, 0.4) is 0 Å². The summed E-state index contributed by atoms with van der Waals surface area (Å²) in [7, 11) is 0. The Morgan fingerprint density at radius 2 is 1.65 bits per heavy atom. The molecule has 0 amide bonds. The summed E-state index contributed by atoms with van der Waals surface area (Å²) < 4.78 is 0. The fourth-order valence-corrected chi connectivity index (χ4v) is 1.67. The van der Waals surface area contributed by atoms with Crippen molar-refractivity contribution in [2.75, 3.05) is 0 Å². The zero-order valence-corrected chi connectivity index (χ0v) is 9.51. The van der Waals surface area contributed by atoms with Crippen molar-refractivity contribution in [1.82, 2.24) is 0 Å². The molecule has 0 atom stereocenters. The molecule has 0 fully saturated rings. The standard InChI is InChI=1S/C16H13N/c1-17-16-13-6-5-11-15(16)12-7-10-14-8-3-2-4-9-14/h2-9,11-13H,10H2/b12-7+. The van der Waals surface area contributed by atoms with E-state index in [1.807, 2.05) is 48.5 Å². The number of allylic oxidation sites excluding steroid dienone is 1. The van der Waals surface area contributed by atoms with E-state index in [2.05, 4.69) is 23.1 Å². The van der Waals surface area contributed by atoms with Gasteiger partial charge in [-0.1, -0.05) is 66.7 Å². The van der Waals surface area contributed by atoms with Crippen molar-refractivity contribution < 1.29 is 0 Å². The van der Waals surface area contributed by atoms with Crippen molar-refractivity contribution in [1.29, 1.82) is 0 Å². The first-order chi connectivity index (χ1) is 8.40. The van der Waals surface area contributed by atoms with Gasteiger partial charge in [-0.05, 0) is 17.5 Å². The van der Waals surface area contributed by atoms with Crippen molar-refractivity contribution in [3.8, 4) is 0 Å². The Bertz CT molecular complexity index is 547. The summed E-state index contributed by atoms with van der Waals surface area (Å²) in [5.74, 6) is 0. The molecule has 0 bridgehead atoms. The largest absolute Gasteiger partial charge is 0.238 e. The van der Waals surface area contributed by atoms with Crippen molar-refractivity contribution in [3.05, 3.63) is 83.2 Å². The van der Waals surface area contributed by atoms with Gasteiger partial charge < -0.3 is 0 Å². The molecule has 2 rings (SSSR count). The molecule has 1 nitrogen and oxygen atoms in total. The van der Waals surface area contributed by atoms with Crippen LogP contribution in [0.2, 0.25) is 0 Å². The lowest BCUT2D eigenvalue weighted by molar-refractivity contribution is 1.28. The molecule has 0 saturated carbocycles. The second-order valence-electron chi connectivity index (χ2n) is 3.76. The van der Waals surface area contributed by atoms with Gasteiger partial charge >= 0.3 is 0 Å². The number of hydrogen-bond donors (Lipinski definition) is 0. The van der Waals surface area contributed by atoms with Gasteiger partial charge in [0.25, 0.3) is 0 Å². The first-order valence-corrected chi connectivity index (χ1v) is 5.57. The average molecular weight is 219 g/mol. The highest BCUT2D eigenvalue weighted by molar-refractivity contribution is 5.67. The molecule has 0 unspecified atom stereocenters. The number of benzene rings is 2. The van der Waals surface area contributed by atoms with Crippen molar-refractivity contribution in [3.63, 3.8) is 0 Å². The highest BCUT2D eigenvalue weighted by atomic mass is 14.6. The van der Waals surface area contributed by atoms with Crippen LogP contribution in [0.15, 0.2) is 60.7 Å². The van der Waals surface area contributed by atoms with Crippen LogP contribution in [-0.4, -0.2) is 0 Å². The minimum atomic E-state index is 0.705. The molecule has 1 heteroatoms. The number of hydrogen-bond acceptors (Lipinski definition) is 0. The van der Waals surface area contributed by atoms with Gasteiger partial charge in [0, 0.05) is 0 Å². The van der Waals surface area contributed by atoms with E-state index < -0.39 is 0 Å². The Morgan fingerprint density at radius 1 is 0.941 bits per heavy atom. The molecule has 0 aliphatic heterocycles. The molecule has 0 saturated heterocycles. The van der Waals surface area contributed by atoms with E-state index in [1.165, 1.54) is 5.56 Å². The first kappa shape index (κ1) is 11.2. The van der Waals surface area contributed by atoms with Gasteiger partial charge in [-0.2, -0.15) is 0 Å². The van der Waals surface area contributed by atoms with Gasteiger partial charge in [-0.25, -0.2) is 4.85 Å². The fraction of sp³-hybridized carbons (Fsp3) is 0.0625. The maximum atomic E-state index is 7.08. The molecule has 0 aliphatic rings. The molecule has 82 valence electrons. The molecule has 0 radical (unpaired) electrons. The van der Waals surface area contributed by atoms with Crippen LogP contribution in [0.4, 0.5) is 5.69 Å². The maximum absolute atomic E-state index is 7.08. The lowest BCUT2D eigenvalue weighted by Gasteiger charge is -1.97. The van der Waals surface area contributed by atoms with E-state index in [0.29, 0.717) is 5.69 Å². The Hall–Kier alpha value is -2.33. The van der Waals surface area contributed by atoms with Gasteiger partial charge in [0.2, 0.25) is 0 Å². The van der Waals surface area contributed by atoms with Gasteiger partial charge in [0.1, 0.15) is 0 Å². The lowest BCUT2D eigenvalue weighted by atomic mass is 10.1. The summed E-state index contributed by atoms with van der Waals surface area (Å²) in [6.45, 7) is 7.08. The molecular formula is C16H13N. The molecule has 0 N–H and O–H groups in total. The monoisotopic (exact) mass is 219 g/mol. The van der Waals surface area contributed by atoms with Crippen molar-refractivity contribution in [2.24, 2.45) is 0 Å². The van der Waals surface area contributed by atoms with Crippen LogP contribution in [0, 0.1) is 6.57 Å². The second kappa shape index (κ2) is 5.67. The predicted octanol–water partition coefficient (Wildman–Crippen LogP) is 4.49. The quantitative estimate of drug-likeness (QED) is 0.670. The minimum absolute atomic E-state index is 0.705. The summed E-state index contributed by atoms with van der Waals surface area (Å²) in [6.07, 6.45) is 5.01. The molecule has 0 aliphatic carbocycles. The van der Waals surface area contributed by atoms with E-state index in [1.54, 1.807) is 0 Å². The van der Waals surface area contributed by atoms with Gasteiger partial charge in [-0.15, -0.1) is 0 Å². The Labute approximate surface area is 102 Å². The Balaban J connectivity index is 2.09. The molecule has 2 aromatic rings. The van der Waals surface area contributed by atoms with E-state index in [0.717, 1.165) is 12.0 Å². The third-order valence-electron chi connectivity index (χ3n) is 2.55. The van der Waals surface area contributed by atoms with E-state index in [4.69, 9.17) is 6.57 Å². The third kappa shape index (κ3) is 3.06. The van der Waals surface area contributed by atoms with E-state index in [9.17, 15) is 0 Å². The Morgan fingerprint density at radius 3 is 2.41 bits per heavy atom. The molecule has 2 aromatic carbocycles. The Kier molecular flexibility index (Phi) is 3.72. The molecule has 0 spiro atoms. The minimum Gasteiger partial charge on any atom is -0.238 e. The maximum Gasteiger partial charge on any atom is 0.194 e. The van der Waals surface area contributed by atoms with E-state index >= 15 is 0 Å². The highest BCUT2D eigenvalue weighted by Gasteiger charge is 1.95. The summed E-state index contributed by atoms with van der Waals surface area (Å²) in [5, 5.41) is 0. The predicted molar refractivity (Wildman–Crippen MR) is 71.9 cm³/mol. The smallest absolute Gasteiger partial charge is 0.194 e. The van der Waals surface area contributed by atoms with Gasteiger partial charge in [-0.3, -0.25) is 0 Å². The summed E-state index contributed by atoms with van der Waals surface area (Å²) in [5.41, 5.74) is 2.97. The van der Waals surface area contributed by atoms with Crippen LogP contribution < -0.4 is 0 Å². The average Bonchev–Trinajstić information content (AvgIpc) is 2.40. The number of rotatable bonds is 3. The molecular weight excluding hydrogens is 206 g/mol. The lowest BCUT2D eigenvalue weighted by Crippen LogP contribution is -1.78. The van der Waals surface area contributed by atoms with Gasteiger partial charge in [0.05, 0.1) is 6.57 Å². The highest BCUT2D eigenvalue weighted by Crippen LogP contribution is 2.19. The third-order valence-corrected chi connectivity index (χ3v) is 2.55. The SMILES string of the molecule is [C-]#[N+]c1ccccc1/C=C/Cc1ccccc1. The molecule has 17 heavy (non-hydrogen) atoms. The topological polar surface area (TPSA) is 4.36 Å². The first-order valence-electron chi connectivity index (χ1n) is 5.57.